The second kappa shape index (κ2) is 8.24. The quantitative estimate of drug-likeness (QED) is 0.870. The first-order valence-electron chi connectivity index (χ1n) is 7.06. The van der Waals surface area contributed by atoms with E-state index in [1.165, 1.54) is 6.33 Å². The molecule has 0 radical (unpaired) electrons. The van der Waals surface area contributed by atoms with E-state index in [1.54, 1.807) is 29.3 Å². The molecule has 0 unspecified atom stereocenters. The van der Waals surface area contributed by atoms with Crippen LogP contribution in [0.5, 0.6) is 0 Å². The maximum Gasteiger partial charge on any atom is 0.231 e. The van der Waals surface area contributed by atoms with Crippen molar-refractivity contribution in [2.75, 3.05) is 11.9 Å². The predicted molar refractivity (Wildman–Crippen MR) is 92.2 cm³/mol. The van der Waals surface area contributed by atoms with E-state index in [2.05, 4.69) is 20.4 Å². The van der Waals surface area contributed by atoms with Crippen molar-refractivity contribution >= 4 is 36.4 Å². The van der Waals surface area contributed by atoms with Gasteiger partial charge in [0.1, 0.15) is 12.7 Å². The lowest BCUT2D eigenvalue weighted by molar-refractivity contribution is -0.124. The third kappa shape index (κ3) is 3.99. The summed E-state index contributed by atoms with van der Waals surface area (Å²) < 4.78 is 1.56. The average molecular weight is 359 g/mol. The molecular weight excluding hydrogens is 339 g/mol. The highest BCUT2D eigenvalue weighted by atomic mass is 35.5. The highest BCUT2D eigenvalue weighted by Crippen LogP contribution is 2.38. The van der Waals surface area contributed by atoms with Gasteiger partial charge in [-0.15, -0.1) is 24.8 Å². The second-order valence-electron chi connectivity index (χ2n) is 5.39. The Labute approximate surface area is 146 Å². The molecule has 126 valence electrons. The molecule has 3 rings (SSSR count). The fraction of sp³-hybridized carbons (Fsp3) is 0.429. The second-order valence-corrected chi connectivity index (χ2v) is 5.39. The molecule has 2 heterocycles. The van der Waals surface area contributed by atoms with Crippen LogP contribution in [-0.2, 0) is 4.79 Å². The molecule has 0 bridgehead atoms. The summed E-state index contributed by atoms with van der Waals surface area (Å²) in [6.45, 7) is 0.392. The minimum atomic E-state index is -0.412. The molecule has 0 atom stereocenters. The van der Waals surface area contributed by atoms with E-state index in [4.69, 9.17) is 5.73 Å². The number of pyridine rings is 1. The highest BCUT2D eigenvalue weighted by molar-refractivity contribution is 5.95. The molecule has 0 spiro atoms. The molecule has 1 amide bonds. The molecule has 1 saturated carbocycles. The summed E-state index contributed by atoms with van der Waals surface area (Å²) in [6.07, 6.45) is 8.49. The number of anilines is 1. The van der Waals surface area contributed by atoms with Crippen molar-refractivity contribution in [2.24, 2.45) is 11.1 Å². The number of nitrogens with one attached hydrogen (secondary N) is 1. The summed E-state index contributed by atoms with van der Waals surface area (Å²) in [4.78, 5) is 20.6. The summed E-state index contributed by atoms with van der Waals surface area (Å²) >= 11 is 0. The lowest BCUT2D eigenvalue weighted by atomic mass is 9.85. The first-order chi connectivity index (χ1) is 10.2. The van der Waals surface area contributed by atoms with E-state index in [1.807, 2.05) is 0 Å². The third-order valence-electron chi connectivity index (χ3n) is 4.09. The van der Waals surface area contributed by atoms with Gasteiger partial charge in [0.15, 0.2) is 5.82 Å². The Bertz CT molecular complexity index is 611. The minimum Gasteiger partial charge on any atom is -0.329 e. The van der Waals surface area contributed by atoms with Crippen molar-refractivity contribution in [2.45, 2.75) is 25.7 Å². The van der Waals surface area contributed by atoms with E-state index in [9.17, 15) is 4.79 Å². The van der Waals surface area contributed by atoms with E-state index < -0.39 is 5.41 Å². The molecule has 23 heavy (non-hydrogen) atoms. The lowest BCUT2D eigenvalue weighted by Crippen LogP contribution is -2.40. The number of aromatic nitrogens is 4. The number of hydrogen-bond donors (Lipinski definition) is 2. The fourth-order valence-electron chi connectivity index (χ4n) is 2.76. The highest BCUT2D eigenvalue weighted by Gasteiger charge is 2.39. The minimum absolute atomic E-state index is 0. The van der Waals surface area contributed by atoms with Crippen LogP contribution < -0.4 is 11.1 Å². The number of carbonyl (C=O) groups is 1. The predicted octanol–water partition coefficient (Wildman–Crippen LogP) is 1.96. The number of nitrogens with two attached hydrogens (primary N) is 1. The first-order valence-corrected chi connectivity index (χ1v) is 7.06. The van der Waals surface area contributed by atoms with Crippen LogP contribution in [0.4, 0.5) is 5.69 Å². The number of hydrogen-bond acceptors (Lipinski definition) is 5. The van der Waals surface area contributed by atoms with Crippen molar-refractivity contribution in [3.63, 3.8) is 0 Å². The summed E-state index contributed by atoms with van der Waals surface area (Å²) in [7, 11) is 0. The fourth-order valence-corrected chi connectivity index (χ4v) is 2.76. The Kier molecular flexibility index (Phi) is 6.93. The first kappa shape index (κ1) is 19.3. The Balaban J connectivity index is 0.00000132. The molecule has 1 aliphatic carbocycles. The monoisotopic (exact) mass is 358 g/mol. The molecule has 2 aromatic rings. The number of amides is 1. The Hall–Kier alpha value is -1.70. The van der Waals surface area contributed by atoms with Gasteiger partial charge in [0.2, 0.25) is 5.91 Å². The van der Waals surface area contributed by atoms with Crippen LogP contribution in [0.2, 0.25) is 0 Å². The average Bonchev–Trinajstić information content (AvgIpc) is 3.20. The Morgan fingerprint density at radius 3 is 2.57 bits per heavy atom. The zero-order chi connectivity index (χ0) is 14.7. The van der Waals surface area contributed by atoms with Crippen LogP contribution >= 0.6 is 24.8 Å². The van der Waals surface area contributed by atoms with Crippen molar-refractivity contribution in [3.05, 3.63) is 31.0 Å². The van der Waals surface area contributed by atoms with Gasteiger partial charge in [0.25, 0.3) is 0 Å². The summed E-state index contributed by atoms with van der Waals surface area (Å²) in [5, 5.41) is 6.92. The van der Waals surface area contributed by atoms with Crippen LogP contribution in [0.25, 0.3) is 5.82 Å². The third-order valence-corrected chi connectivity index (χ3v) is 4.09. The molecule has 7 nitrogen and oxygen atoms in total. The van der Waals surface area contributed by atoms with Gasteiger partial charge < -0.3 is 11.1 Å². The zero-order valence-corrected chi connectivity index (χ0v) is 14.1. The van der Waals surface area contributed by atoms with Gasteiger partial charge in [-0.3, -0.25) is 4.79 Å². The molecule has 2 aromatic heterocycles. The van der Waals surface area contributed by atoms with Crippen LogP contribution in [0.15, 0.2) is 31.0 Å². The Morgan fingerprint density at radius 2 is 2.04 bits per heavy atom. The van der Waals surface area contributed by atoms with Gasteiger partial charge in [-0.2, -0.15) is 5.10 Å². The molecule has 1 fully saturated rings. The summed E-state index contributed by atoms with van der Waals surface area (Å²) in [6, 6.07) is 3.59. The molecule has 3 N–H and O–H groups in total. The number of nitrogens with zero attached hydrogens (tertiary/aromatic N) is 4. The largest absolute Gasteiger partial charge is 0.329 e. The number of halogens is 2. The molecule has 1 aliphatic rings. The number of rotatable bonds is 4. The SMILES string of the molecule is Cl.Cl.NCC1(C(=O)Nc2ccc(-n3cncn3)nc2)CCCC1. The number of carbonyl (C=O) groups excluding carboxylic acids is 1. The van der Waals surface area contributed by atoms with Crippen LogP contribution in [-0.4, -0.2) is 32.2 Å². The zero-order valence-electron chi connectivity index (χ0n) is 12.5. The van der Waals surface area contributed by atoms with E-state index in [-0.39, 0.29) is 30.7 Å². The van der Waals surface area contributed by atoms with Crippen molar-refractivity contribution in [1.82, 2.24) is 19.7 Å². The van der Waals surface area contributed by atoms with Gasteiger partial charge in [-0.25, -0.2) is 14.6 Å². The molecule has 0 aliphatic heterocycles. The van der Waals surface area contributed by atoms with Crippen LogP contribution in [0, 0.1) is 5.41 Å². The Morgan fingerprint density at radius 1 is 1.30 bits per heavy atom. The topological polar surface area (TPSA) is 98.7 Å². The lowest BCUT2D eigenvalue weighted by Gasteiger charge is -2.25. The smallest absolute Gasteiger partial charge is 0.231 e. The molecular formula is C14H20Cl2N6O. The van der Waals surface area contributed by atoms with Gasteiger partial charge in [-0.1, -0.05) is 12.8 Å². The summed E-state index contributed by atoms with van der Waals surface area (Å²) in [5.41, 5.74) is 6.07. The molecule has 0 saturated heterocycles. The van der Waals surface area contributed by atoms with Gasteiger partial charge in [-0.05, 0) is 25.0 Å². The normalized spacial score (nSPS) is 15.3. The van der Waals surface area contributed by atoms with Crippen LogP contribution in [0.3, 0.4) is 0 Å². The van der Waals surface area contributed by atoms with Crippen LogP contribution in [0.1, 0.15) is 25.7 Å². The maximum absolute atomic E-state index is 12.4. The van der Waals surface area contributed by atoms with Crippen molar-refractivity contribution in [1.29, 1.82) is 0 Å². The molecule has 0 aromatic carbocycles. The van der Waals surface area contributed by atoms with Crippen molar-refractivity contribution < 1.29 is 4.79 Å². The maximum atomic E-state index is 12.4. The summed E-state index contributed by atoms with van der Waals surface area (Å²) in [5.74, 6) is 0.651. The van der Waals surface area contributed by atoms with Gasteiger partial charge >= 0.3 is 0 Å². The molecule has 9 heteroatoms. The standard InChI is InChI=1S/C14H18N6O.2ClH/c15-8-14(5-1-2-6-14)13(21)19-11-3-4-12(17-7-11)20-10-16-9-18-20;;/h3-4,7,9-10H,1-2,5-6,8,15H2,(H,19,21);2*1H. The van der Waals surface area contributed by atoms with Gasteiger partial charge in [0.05, 0.1) is 17.3 Å². The van der Waals surface area contributed by atoms with E-state index in [0.29, 0.717) is 18.1 Å². The van der Waals surface area contributed by atoms with Gasteiger partial charge in [0, 0.05) is 6.54 Å². The van der Waals surface area contributed by atoms with E-state index in [0.717, 1.165) is 25.7 Å². The van der Waals surface area contributed by atoms with Crippen molar-refractivity contribution in [3.8, 4) is 5.82 Å². The van der Waals surface area contributed by atoms with E-state index >= 15 is 0 Å².